The maximum absolute atomic E-state index is 11.8. The highest BCUT2D eigenvalue weighted by atomic mass is 32.1. The quantitative estimate of drug-likeness (QED) is 0.890. The van der Waals surface area contributed by atoms with Crippen LogP contribution in [-0.2, 0) is 19.5 Å². The van der Waals surface area contributed by atoms with Crippen molar-refractivity contribution in [1.29, 1.82) is 0 Å². The van der Waals surface area contributed by atoms with E-state index >= 15 is 0 Å². The molecule has 2 N–H and O–H groups in total. The molecule has 0 aliphatic heterocycles. The molecule has 0 saturated carbocycles. The molecule has 0 radical (unpaired) electrons. The first-order valence-corrected chi connectivity index (χ1v) is 7.46. The number of carbonyl (C=O) groups excluding carboxylic acids is 1. The van der Waals surface area contributed by atoms with Gasteiger partial charge in [0.2, 0.25) is 0 Å². The van der Waals surface area contributed by atoms with E-state index in [9.17, 15) is 4.79 Å². The summed E-state index contributed by atoms with van der Waals surface area (Å²) in [6.07, 6.45) is 4.32. The van der Waals surface area contributed by atoms with Gasteiger partial charge in [-0.3, -0.25) is 4.68 Å². The van der Waals surface area contributed by atoms with Gasteiger partial charge in [-0.15, -0.1) is 11.3 Å². The Morgan fingerprint density at radius 2 is 2.25 bits per heavy atom. The number of carbonyl (C=O) groups is 1. The molecule has 0 unspecified atom stereocenters. The first-order valence-electron chi connectivity index (χ1n) is 6.64. The van der Waals surface area contributed by atoms with Gasteiger partial charge in [-0.1, -0.05) is 6.92 Å². The Morgan fingerprint density at radius 1 is 1.45 bits per heavy atom. The number of hydrogen-bond acceptors (Lipinski definition) is 4. The zero-order valence-corrected chi connectivity index (χ0v) is 12.8. The van der Waals surface area contributed by atoms with E-state index in [-0.39, 0.29) is 6.03 Å². The average Bonchev–Trinajstić information content (AvgIpc) is 3.02. The minimum Gasteiger partial charge on any atom is -0.333 e. The van der Waals surface area contributed by atoms with Crippen molar-refractivity contribution in [3.8, 4) is 0 Å². The minimum absolute atomic E-state index is 0.228. The molecule has 2 amide bonds. The first kappa shape index (κ1) is 14.5. The van der Waals surface area contributed by atoms with Gasteiger partial charge in [0.25, 0.3) is 0 Å². The molecular formula is C13H19N5OS. The smallest absolute Gasteiger partial charge is 0.319 e. The standard InChI is InChI=1S/C13H19N5OS/c1-4-11-12(20-9(3)16-11)7-14-13(19)17-10-6-15-18(5-2)8-10/h6,8H,4-5,7H2,1-3H3,(H2,14,17,19). The van der Waals surface area contributed by atoms with Gasteiger partial charge in [-0.2, -0.15) is 5.10 Å². The SMILES string of the molecule is CCc1nc(C)sc1CNC(=O)Nc1cnn(CC)c1. The number of nitrogens with zero attached hydrogens (tertiary/aromatic N) is 3. The number of urea groups is 1. The summed E-state index contributed by atoms with van der Waals surface area (Å²) in [6, 6.07) is -0.228. The van der Waals surface area contributed by atoms with E-state index in [0.717, 1.165) is 28.5 Å². The van der Waals surface area contributed by atoms with Gasteiger partial charge in [0.15, 0.2) is 0 Å². The van der Waals surface area contributed by atoms with Gasteiger partial charge in [0, 0.05) is 17.6 Å². The molecule has 0 saturated heterocycles. The van der Waals surface area contributed by atoms with Gasteiger partial charge in [-0.25, -0.2) is 9.78 Å². The summed E-state index contributed by atoms with van der Waals surface area (Å²) in [4.78, 5) is 17.4. The van der Waals surface area contributed by atoms with Crippen molar-refractivity contribution in [1.82, 2.24) is 20.1 Å². The van der Waals surface area contributed by atoms with E-state index in [4.69, 9.17) is 0 Å². The number of aromatic nitrogens is 3. The van der Waals surface area contributed by atoms with Crippen molar-refractivity contribution < 1.29 is 4.79 Å². The lowest BCUT2D eigenvalue weighted by Gasteiger charge is -2.05. The van der Waals surface area contributed by atoms with Crippen LogP contribution < -0.4 is 10.6 Å². The number of aryl methyl sites for hydroxylation is 3. The summed E-state index contributed by atoms with van der Waals surface area (Å²) in [7, 11) is 0. The van der Waals surface area contributed by atoms with Gasteiger partial charge >= 0.3 is 6.03 Å². The van der Waals surface area contributed by atoms with Crippen molar-refractivity contribution in [2.45, 2.75) is 40.3 Å². The van der Waals surface area contributed by atoms with Crippen LogP contribution in [-0.4, -0.2) is 20.8 Å². The third-order valence-electron chi connectivity index (χ3n) is 2.84. The van der Waals surface area contributed by atoms with Crippen molar-refractivity contribution in [3.63, 3.8) is 0 Å². The summed E-state index contributed by atoms with van der Waals surface area (Å²) in [5, 5.41) is 10.7. The second kappa shape index (κ2) is 6.51. The Kier molecular flexibility index (Phi) is 4.73. The van der Waals surface area contributed by atoms with Crippen molar-refractivity contribution in [2.24, 2.45) is 0 Å². The third-order valence-corrected chi connectivity index (χ3v) is 3.86. The maximum Gasteiger partial charge on any atom is 0.319 e. The Bertz CT molecular complexity index is 589. The Balaban J connectivity index is 1.88. The summed E-state index contributed by atoms with van der Waals surface area (Å²) in [5.41, 5.74) is 1.76. The number of thiazole rings is 1. The lowest BCUT2D eigenvalue weighted by molar-refractivity contribution is 0.252. The molecule has 0 bridgehead atoms. The average molecular weight is 293 g/mol. The molecule has 0 aliphatic carbocycles. The van der Waals surface area contributed by atoms with Crippen LogP contribution in [0.2, 0.25) is 0 Å². The van der Waals surface area contributed by atoms with E-state index in [1.807, 2.05) is 13.8 Å². The number of rotatable bonds is 5. The van der Waals surface area contributed by atoms with Crippen LogP contribution in [0, 0.1) is 6.92 Å². The minimum atomic E-state index is -0.228. The number of anilines is 1. The Hall–Kier alpha value is -1.89. The summed E-state index contributed by atoms with van der Waals surface area (Å²) < 4.78 is 1.76. The van der Waals surface area contributed by atoms with E-state index in [0.29, 0.717) is 12.2 Å². The monoisotopic (exact) mass is 293 g/mol. The largest absolute Gasteiger partial charge is 0.333 e. The second-order valence-electron chi connectivity index (χ2n) is 4.35. The van der Waals surface area contributed by atoms with Crippen LogP contribution in [0.15, 0.2) is 12.4 Å². The topological polar surface area (TPSA) is 71.8 Å². The third kappa shape index (κ3) is 3.57. The van der Waals surface area contributed by atoms with Crippen LogP contribution in [0.3, 0.4) is 0 Å². The number of nitrogens with one attached hydrogen (secondary N) is 2. The fourth-order valence-electron chi connectivity index (χ4n) is 1.86. The van der Waals surface area contributed by atoms with Crippen LogP contribution in [0.1, 0.15) is 29.4 Å². The van der Waals surface area contributed by atoms with Crippen molar-refractivity contribution in [3.05, 3.63) is 28.0 Å². The number of amides is 2. The van der Waals surface area contributed by atoms with E-state index in [1.54, 1.807) is 28.4 Å². The Morgan fingerprint density at radius 3 is 2.90 bits per heavy atom. The van der Waals surface area contributed by atoms with E-state index in [2.05, 4.69) is 27.6 Å². The van der Waals surface area contributed by atoms with Gasteiger partial charge in [0.1, 0.15) is 0 Å². The summed E-state index contributed by atoms with van der Waals surface area (Å²) in [6.45, 7) is 7.32. The van der Waals surface area contributed by atoms with E-state index in [1.165, 1.54) is 0 Å². The molecule has 0 fully saturated rings. The van der Waals surface area contributed by atoms with Crippen LogP contribution in [0.4, 0.5) is 10.5 Å². The Labute approximate surface area is 122 Å². The highest BCUT2D eigenvalue weighted by Gasteiger charge is 2.09. The van der Waals surface area contributed by atoms with Gasteiger partial charge in [0.05, 0.1) is 29.1 Å². The van der Waals surface area contributed by atoms with Gasteiger partial charge < -0.3 is 10.6 Å². The molecule has 2 aromatic rings. The second-order valence-corrected chi connectivity index (χ2v) is 5.64. The van der Waals surface area contributed by atoms with Crippen LogP contribution >= 0.6 is 11.3 Å². The molecule has 2 heterocycles. The lowest BCUT2D eigenvalue weighted by Crippen LogP contribution is -2.28. The fourth-order valence-corrected chi connectivity index (χ4v) is 2.83. The van der Waals surface area contributed by atoms with Crippen molar-refractivity contribution in [2.75, 3.05) is 5.32 Å². The predicted octanol–water partition coefficient (Wildman–Crippen LogP) is 2.55. The normalized spacial score (nSPS) is 10.6. The van der Waals surface area contributed by atoms with E-state index < -0.39 is 0 Å². The van der Waals surface area contributed by atoms with Gasteiger partial charge in [-0.05, 0) is 20.3 Å². The molecule has 0 aliphatic rings. The van der Waals surface area contributed by atoms with Crippen LogP contribution in [0.25, 0.3) is 0 Å². The molecule has 108 valence electrons. The maximum atomic E-state index is 11.8. The molecule has 0 aromatic carbocycles. The summed E-state index contributed by atoms with van der Waals surface area (Å²) >= 11 is 1.62. The molecule has 7 heteroatoms. The highest BCUT2D eigenvalue weighted by molar-refractivity contribution is 7.11. The fraction of sp³-hybridized carbons (Fsp3) is 0.462. The van der Waals surface area contributed by atoms with Crippen LogP contribution in [0.5, 0.6) is 0 Å². The number of hydrogen-bond donors (Lipinski definition) is 2. The zero-order chi connectivity index (χ0) is 14.5. The summed E-state index contributed by atoms with van der Waals surface area (Å²) in [5.74, 6) is 0. The zero-order valence-electron chi connectivity index (χ0n) is 11.9. The lowest BCUT2D eigenvalue weighted by atomic mass is 10.3. The highest BCUT2D eigenvalue weighted by Crippen LogP contribution is 2.18. The molecule has 2 aromatic heterocycles. The molecule has 20 heavy (non-hydrogen) atoms. The molecule has 0 spiro atoms. The van der Waals surface area contributed by atoms with Crippen molar-refractivity contribution >= 4 is 23.1 Å². The predicted molar refractivity (Wildman–Crippen MR) is 80.0 cm³/mol. The molecule has 0 atom stereocenters. The first-order chi connectivity index (χ1) is 9.62. The molecule has 2 rings (SSSR count). The molecular weight excluding hydrogens is 274 g/mol. The molecule has 6 nitrogen and oxygen atoms in total.